The van der Waals surface area contributed by atoms with Crippen molar-refractivity contribution in [3.05, 3.63) is 99.9 Å². The number of halogens is 3. The quantitative estimate of drug-likeness (QED) is 0.241. The van der Waals surface area contributed by atoms with Crippen LogP contribution in [0.15, 0.2) is 82.0 Å². The van der Waals surface area contributed by atoms with Gasteiger partial charge in [-0.15, -0.1) is 0 Å². The highest BCUT2D eigenvalue weighted by Gasteiger charge is 2.39. The lowest BCUT2D eigenvalue weighted by atomic mass is 9.87. The van der Waals surface area contributed by atoms with Gasteiger partial charge in [-0.1, -0.05) is 63.2 Å². The van der Waals surface area contributed by atoms with Crippen LogP contribution >= 0.6 is 0 Å². The third-order valence-corrected chi connectivity index (χ3v) is 5.38. The Balaban J connectivity index is 1.73. The molecule has 1 heterocycles. The second-order valence-electron chi connectivity index (χ2n) is 8.87. The van der Waals surface area contributed by atoms with E-state index in [1.54, 1.807) is 18.2 Å². The van der Waals surface area contributed by atoms with Crippen molar-refractivity contribution in [2.24, 2.45) is 0 Å². The van der Waals surface area contributed by atoms with Crippen LogP contribution in [0.5, 0.6) is 5.75 Å². The van der Waals surface area contributed by atoms with Crippen LogP contribution in [0.2, 0.25) is 0 Å². The molecule has 34 heavy (non-hydrogen) atoms. The Morgan fingerprint density at radius 3 is 2.12 bits per heavy atom. The molecule has 0 spiro atoms. The SMILES string of the molecule is CC(C)(C)c1ccc(C(=O)Oc2ccc3c(=O)c(-c4ccccc4)c(C(F)(F)F)oc3c2)cc1. The molecule has 7 heteroatoms. The van der Waals surface area contributed by atoms with Gasteiger partial charge in [-0.3, -0.25) is 4.79 Å². The van der Waals surface area contributed by atoms with E-state index < -0.39 is 28.9 Å². The van der Waals surface area contributed by atoms with Crippen LogP contribution in [0.1, 0.15) is 42.5 Å². The van der Waals surface area contributed by atoms with Crippen molar-refractivity contribution in [3.63, 3.8) is 0 Å². The van der Waals surface area contributed by atoms with Gasteiger partial charge < -0.3 is 9.15 Å². The minimum absolute atomic E-state index is 0.0406. The molecule has 174 valence electrons. The number of hydrogen-bond donors (Lipinski definition) is 0. The lowest BCUT2D eigenvalue weighted by Gasteiger charge is -2.18. The van der Waals surface area contributed by atoms with Crippen LogP contribution in [0.3, 0.4) is 0 Å². The van der Waals surface area contributed by atoms with Crippen molar-refractivity contribution in [2.75, 3.05) is 0 Å². The number of benzene rings is 3. The van der Waals surface area contributed by atoms with Gasteiger partial charge in [-0.25, -0.2) is 4.79 Å². The first-order chi connectivity index (χ1) is 15.9. The molecule has 0 bridgehead atoms. The molecule has 0 aliphatic heterocycles. The second kappa shape index (κ2) is 8.48. The maximum absolute atomic E-state index is 13.8. The maximum Gasteiger partial charge on any atom is 0.450 e. The molecule has 0 amide bonds. The molecular formula is C27H21F3O4. The lowest BCUT2D eigenvalue weighted by Crippen LogP contribution is -2.16. The number of rotatable bonds is 3. The van der Waals surface area contributed by atoms with Gasteiger partial charge in [0.1, 0.15) is 11.3 Å². The zero-order valence-corrected chi connectivity index (χ0v) is 18.7. The fourth-order valence-corrected chi connectivity index (χ4v) is 3.58. The van der Waals surface area contributed by atoms with Crippen LogP contribution in [-0.2, 0) is 11.6 Å². The molecule has 0 aliphatic rings. The molecule has 4 rings (SSSR count). The van der Waals surface area contributed by atoms with Gasteiger partial charge in [0.25, 0.3) is 0 Å². The van der Waals surface area contributed by atoms with Gasteiger partial charge in [0.2, 0.25) is 11.2 Å². The van der Waals surface area contributed by atoms with Crippen LogP contribution < -0.4 is 10.2 Å². The summed E-state index contributed by atoms with van der Waals surface area (Å²) < 4.78 is 51.8. The van der Waals surface area contributed by atoms with Crippen molar-refractivity contribution in [3.8, 4) is 16.9 Å². The Bertz CT molecular complexity index is 1410. The minimum atomic E-state index is -4.90. The van der Waals surface area contributed by atoms with Gasteiger partial charge >= 0.3 is 12.1 Å². The van der Waals surface area contributed by atoms with E-state index in [4.69, 9.17) is 9.15 Å². The molecule has 0 aliphatic carbocycles. The summed E-state index contributed by atoms with van der Waals surface area (Å²) in [5.41, 5.74) is -0.396. The molecule has 4 aromatic rings. The fraction of sp³-hybridized carbons (Fsp3) is 0.185. The van der Waals surface area contributed by atoms with Crippen molar-refractivity contribution in [1.82, 2.24) is 0 Å². The normalized spacial score (nSPS) is 12.1. The Kier molecular flexibility index (Phi) is 5.81. The number of carbonyl (C=O) groups is 1. The third-order valence-electron chi connectivity index (χ3n) is 5.38. The maximum atomic E-state index is 13.8. The first kappa shape index (κ1) is 23.3. The van der Waals surface area contributed by atoms with E-state index in [0.29, 0.717) is 0 Å². The van der Waals surface area contributed by atoms with Gasteiger partial charge in [0.05, 0.1) is 16.5 Å². The standard InChI is InChI=1S/C27H21F3O4/c1-26(2,3)18-11-9-17(10-12-18)25(32)33-19-13-14-20-21(15-19)34-24(27(28,29)30)22(23(20)31)16-7-5-4-6-8-16/h4-15H,1-3H3. The Morgan fingerprint density at radius 2 is 1.53 bits per heavy atom. The average Bonchev–Trinajstić information content (AvgIpc) is 2.78. The van der Waals surface area contributed by atoms with Crippen LogP contribution in [0, 0.1) is 0 Å². The average molecular weight is 466 g/mol. The molecule has 0 atom stereocenters. The van der Waals surface area contributed by atoms with Gasteiger partial charge in [0, 0.05) is 6.07 Å². The summed E-state index contributed by atoms with van der Waals surface area (Å²) in [5, 5.41) is -0.0545. The Morgan fingerprint density at radius 1 is 0.882 bits per heavy atom. The van der Waals surface area contributed by atoms with Crippen molar-refractivity contribution >= 4 is 16.9 Å². The summed E-state index contributed by atoms with van der Waals surface area (Å²) in [4.78, 5) is 25.5. The van der Waals surface area contributed by atoms with Gasteiger partial charge in [-0.05, 0) is 40.8 Å². The van der Waals surface area contributed by atoms with Crippen LogP contribution in [0.25, 0.3) is 22.1 Å². The zero-order valence-electron chi connectivity index (χ0n) is 18.7. The zero-order chi connectivity index (χ0) is 24.7. The highest BCUT2D eigenvalue weighted by atomic mass is 19.4. The van der Waals surface area contributed by atoms with E-state index in [-0.39, 0.29) is 33.3 Å². The third kappa shape index (κ3) is 4.59. The number of hydrogen-bond acceptors (Lipinski definition) is 4. The van der Waals surface area contributed by atoms with E-state index in [0.717, 1.165) is 11.6 Å². The monoisotopic (exact) mass is 466 g/mol. The van der Waals surface area contributed by atoms with Crippen molar-refractivity contribution < 1.29 is 27.1 Å². The summed E-state index contributed by atoms with van der Waals surface area (Å²) in [7, 11) is 0. The van der Waals surface area contributed by atoms with Crippen molar-refractivity contribution in [2.45, 2.75) is 32.4 Å². The first-order valence-electron chi connectivity index (χ1n) is 10.5. The Hall–Kier alpha value is -3.87. The first-order valence-corrected chi connectivity index (χ1v) is 10.5. The molecule has 0 saturated carbocycles. The van der Waals surface area contributed by atoms with E-state index in [2.05, 4.69) is 0 Å². The molecule has 1 aromatic heterocycles. The summed E-state index contributed by atoms with van der Waals surface area (Å²) in [6.07, 6.45) is -4.90. The number of carbonyl (C=O) groups excluding carboxylic acids is 1. The van der Waals surface area contributed by atoms with E-state index in [1.807, 2.05) is 32.9 Å². The second-order valence-corrected chi connectivity index (χ2v) is 8.87. The van der Waals surface area contributed by atoms with E-state index in [9.17, 15) is 22.8 Å². The predicted molar refractivity (Wildman–Crippen MR) is 123 cm³/mol. The fourth-order valence-electron chi connectivity index (χ4n) is 3.58. The molecule has 0 radical (unpaired) electrons. The number of ether oxygens (including phenoxy) is 1. The molecule has 4 nitrogen and oxygen atoms in total. The molecule has 3 aromatic carbocycles. The topological polar surface area (TPSA) is 56.5 Å². The van der Waals surface area contributed by atoms with E-state index >= 15 is 0 Å². The van der Waals surface area contributed by atoms with Crippen LogP contribution in [-0.4, -0.2) is 5.97 Å². The largest absolute Gasteiger partial charge is 0.450 e. The van der Waals surface area contributed by atoms with Gasteiger partial charge in [-0.2, -0.15) is 13.2 Å². The lowest BCUT2D eigenvalue weighted by molar-refractivity contribution is -0.152. The number of fused-ring (bicyclic) bond motifs is 1. The minimum Gasteiger partial charge on any atom is -0.450 e. The number of esters is 1. The summed E-state index contributed by atoms with van der Waals surface area (Å²) in [6, 6.07) is 18.2. The highest BCUT2D eigenvalue weighted by Crippen LogP contribution is 2.37. The summed E-state index contributed by atoms with van der Waals surface area (Å²) in [6.45, 7) is 6.13. The van der Waals surface area contributed by atoms with Gasteiger partial charge in [0.15, 0.2) is 0 Å². The molecule has 0 unspecified atom stereocenters. The van der Waals surface area contributed by atoms with E-state index in [1.165, 1.54) is 36.4 Å². The molecular weight excluding hydrogens is 445 g/mol. The molecule has 0 fully saturated rings. The molecule has 0 saturated heterocycles. The summed E-state index contributed by atoms with van der Waals surface area (Å²) >= 11 is 0. The predicted octanol–water partition coefficient (Wildman–Crippen LogP) is 7.00. The molecule has 0 N–H and O–H groups in total. The number of alkyl halides is 3. The Labute approximate surface area is 193 Å². The van der Waals surface area contributed by atoms with Crippen molar-refractivity contribution in [1.29, 1.82) is 0 Å². The highest BCUT2D eigenvalue weighted by molar-refractivity contribution is 5.92. The van der Waals surface area contributed by atoms with Crippen LogP contribution in [0.4, 0.5) is 13.2 Å². The summed E-state index contributed by atoms with van der Waals surface area (Å²) in [5.74, 6) is -2.13. The smallest absolute Gasteiger partial charge is 0.450 e.